The third-order valence-electron chi connectivity index (χ3n) is 5.67. The van der Waals surface area contributed by atoms with Crippen LogP contribution < -0.4 is 10.6 Å². The summed E-state index contributed by atoms with van der Waals surface area (Å²) in [4.78, 5) is 29.6. The number of nitrogens with zero attached hydrogens (tertiary/aromatic N) is 3. The molecule has 8 heteroatoms. The number of hydrogen-bond donors (Lipinski definition) is 2. The van der Waals surface area contributed by atoms with Crippen molar-refractivity contribution in [2.24, 2.45) is 0 Å². The largest absolute Gasteiger partial charge is 0.350 e. The van der Waals surface area contributed by atoms with Gasteiger partial charge in [-0.15, -0.1) is 5.10 Å². The molecular weight excluding hydrogens is 414 g/mol. The molecule has 0 aliphatic heterocycles. The molecule has 0 unspecified atom stereocenters. The molecule has 3 aromatic rings. The highest BCUT2D eigenvalue weighted by Crippen LogP contribution is 2.42. The summed E-state index contributed by atoms with van der Waals surface area (Å²) in [6.45, 7) is 0.468. The van der Waals surface area contributed by atoms with Crippen molar-refractivity contribution in [2.75, 3.05) is 5.32 Å². The first kappa shape index (κ1) is 21.1. The normalized spacial score (nSPS) is 14.9. The molecule has 0 radical (unpaired) electrons. The Hall–Kier alpha value is -3.19. The minimum Gasteiger partial charge on any atom is -0.350 e. The van der Waals surface area contributed by atoms with E-state index in [1.807, 2.05) is 48.5 Å². The summed E-state index contributed by atoms with van der Waals surface area (Å²) < 4.78 is 1.41. The lowest BCUT2D eigenvalue weighted by atomic mass is 9.78. The van der Waals surface area contributed by atoms with Crippen LogP contribution in [0, 0.1) is 0 Å². The molecular formula is C23H24ClN5O2. The topological polar surface area (TPSA) is 88.9 Å². The third-order valence-corrected chi connectivity index (χ3v) is 5.90. The molecule has 1 aromatic heterocycles. The van der Waals surface area contributed by atoms with Gasteiger partial charge in [-0.3, -0.25) is 14.9 Å². The van der Waals surface area contributed by atoms with Gasteiger partial charge in [0.1, 0.15) is 12.9 Å². The van der Waals surface area contributed by atoms with E-state index in [-0.39, 0.29) is 24.3 Å². The van der Waals surface area contributed by atoms with E-state index >= 15 is 0 Å². The molecule has 31 heavy (non-hydrogen) atoms. The van der Waals surface area contributed by atoms with Crippen molar-refractivity contribution in [1.82, 2.24) is 20.1 Å². The number of halogens is 1. The average Bonchev–Trinajstić information content (AvgIpc) is 3.44. The van der Waals surface area contributed by atoms with E-state index in [0.29, 0.717) is 11.6 Å². The predicted molar refractivity (Wildman–Crippen MR) is 119 cm³/mol. The van der Waals surface area contributed by atoms with Crippen LogP contribution in [0.4, 0.5) is 5.95 Å². The van der Waals surface area contributed by atoms with Crippen LogP contribution in [0.2, 0.25) is 5.02 Å². The van der Waals surface area contributed by atoms with Gasteiger partial charge < -0.3 is 5.32 Å². The SMILES string of the molecule is O=C(Cn1cnc(NC(=O)C2(c3cccc(Cl)c3)CCCC2)n1)NCc1ccccc1. The lowest BCUT2D eigenvalue weighted by molar-refractivity contribution is -0.122. The minimum atomic E-state index is -0.635. The van der Waals surface area contributed by atoms with Gasteiger partial charge in [0, 0.05) is 11.6 Å². The number of hydrogen-bond acceptors (Lipinski definition) is 4. The van der Waals surface area contributed by atoms with Crippen molar-refractivity contribution < 1.29 is 9.59 Å². The van der Waals surface area contributed by atoms with Crippen LogP contribution in [-0.4, -0.2) is 26.6 Å². The van der Waals surface area contributed by atoms with Crippen LogP contribution in [0.3, 0.4) is 0 Å². The Morgan fingerprint density at radius 3 is 2.58 bits per heavy atom. The molecule has 2 aromatic carbocycles. The van der Waals surface area contributed by atoms with E-state index in [1.165, 1.54) is 11.0 Å². The number of carbonyl (C=O) groups is 2. The molecule has 1 aliphatic carbocycles. The Kier molecular flexibility index (Phi) is 6.32. The fourth-order valence-corrected chi connectivity index (χ4v) is 4.25. The Labute approximate surface area is 185 Å². The number of benzene rings is 2. The van der Waals surface area contributed by atoms with Crippen molar-refractivity contribution in [2.45, 2.75) is 44.2 Å². The number of amides is 2. The first-order valence-corrected chi connectivity index (χ1v) is 10.7. The van der Waals surface area contributed by atoms with Crippen LogP contribution in [0.5, 0.6) is 0 Å². The maximum atomic E-state index is 13.2. The molecule has 4 rings (SSSR count). The van der Waals surface area contributed by atoms with Crippen molar-refractivity contribution in [1.29, 1.82) is 0 Å². The van der Waals surface area contributed by atoms with Crippen LogP contribution in [0.15, 0.2) is 60.9 Å². The highest BCUT2D eigenvalue weighted by Gasteiger charge is 2.43. The highest BCUT2D eigenvalue weighted by atomic mass is 35.5. The molecule has 1 fully saturated rings. The first-order valence-electron chi connectivity index (χ1n) is 10.3. The van der Waals surface area contributed by atoms with Crippen LogP contribution in [-0.2, 0) is 28.1 Å². The zero-order valence-electron chi connectivity index (χ0n) is 17.1. The van der Waals surface area contributed by atoms with E-state index in [4.69, 9.17) is 11.6 Å². The molecule has 2 N–H and O–H groups in total. The molecule has 0 atom stereocenters. The average molecular weight is 438 g/mol. The fourth-order valence-electron chi connectivity index (χ4n) is 4.06. The van der Waals surface area contributed by atoms with Crippen LogP contribution in [0.1, 0.15) is 36.8 Å². The predicted octanol–water partition coefficient (Wildman–Crippen LogP) is 3.70. The molecule has 0 saturated heterocycles. The van der Waals surface area contributed by atoms with Crippen LogP contribution in [0.25, 0.3) is 0 Å². The summed E-state index contributed by atoms with van der Waals surface area (Å²) in [5, 5.41) is 10.5. The summed E-state index contributed by atoms with van der Waals surface area (Å²) in [6.07, 6.45) is 4.90. The third kappa shape index (κ3) is 4.94. The van der Waals surface area contributed by atoms with Crippen molar-refractivity contribution in [3.63, 3.8) is 0 Å². The van der Waals surface area contributed by atoms with E-state index in [0.717, 1.165) is 36.8 Å². The number of nitrogens with one attached hydrogen (secondary N) is 2. The number of rotatable bonds is 7. The van der Waals surface area contributed by atoms with E-state index in [1.54, 1.807) is 6.07 Å². The quantitative estimate of drug-likeness (QED) is 0.589. The maximum absolute atomic E-state index is 13.2. The zero-order valence-corrected chi connectivity index (χ0v) is 17.8. The van der Waals surface area contributed by atoms with Gasteiger partial charge in [0.05, 0.1) is 5.41 Å². The van der Waals surface area contributed by atoms with Crippen molar-refractivity contribution in [3.8, 4) is 0 Å². The Morgan fingerprint density at radius 2 is 1.84 bits per heavy atom. The summed E-state index contributed by atoms with van der Waals surface area (Å²) >= 11 is 6.17. The molecule has 160 valence electrons. The van der Waals surface area contributed by atoms with Gasteiger partial charge >= 0.3 is 0 Å². The molecule has 7 nitrogen and oxygen atoms in total. The Bertz CT molecular complexity index is 1060. The fraction of sp³-hybridized carbons (Fsp3) is 0.304. The van der Waals surface area contributed by atoms with Gasteiger partial charge in [0.15, 0.2) is 0 Å². The molecule has 1 aliphatic rings. The monoisotopic (exact) mass is 437 g/mol. The van der Waals surface area contributed by atoms with E-state index < -0.39 is 5.41 Å². The van der Waals surface area contributed by atoms with Gasteiger partial charge in [-0.05, 0) is 36.1 Å². The van der Waals surface area contributed by atoms with Gasteiger partial charge in [0.25, 0.3) is 0 Å². The first-order chi connectivity index (χ1) is 15.0. The lowest BCUT2D eigenvalue weighted by Gasteiger charge is -2.27. The summed E-state index contributed by atoms with van der Waals surface area (Å²) in [5.74, 6) is -0.134. The molecule has 1 saturated carbocycles. The summed E-state index contributed by atoms with van der Waals surface area (Å²) in [6, 6.07) is 17.1. The van der Waals surface area contributed by atoms with Crippen LogP contribution >= 0.6 is 11.6 Å². The van der Waals surface area contributed by atoms with Gasteiger partial charge in [-0.1, -0.05) is 66.9 Å². The number of carbonyl (C=O) groups excluding carboxylic acids is 2. The van der Waals surface area contributed by atoms with E-state index in [9.17, 15) is 9.59 Å². The van der Waals surface area contributed by atoms with Gasteiger partial charge in [-0.25, -0.2) is 9.67 Å². The van der Waals surface area contributed by atoms with E-state index in [2.05, 4.69) is 20.7 Å². The van der Waals surface area contributed by atoms with Crippen molar-refractivity contribution in [3.05, 3.63) is 77.1 Å². The summed E-state index contributed by atoms with van der Waals surface area (Å²) in [5.41, 5.74) is 1.30. The Balaban J connectivity index is 1.38. The minimum absolute atomic E-state index is 0.0230. The molecule has 0 bridgehead atoms. The smallest absolute Gasteiger partial charge is 0.248 e. The molecule has 2 amide bonds. The summed E-state index contributed by atoms with van der Waals surface area (Å²) in [7, 11) is 0. The lowest BCUT2D eigenvalue weighted by Crippen LogP contribution is -2.38. The second kappa shape index (κ2) is 9.31. The van der Waals surface area contributed by atoms with Crippen molar-refractivity contribution >= 4 is 29.4 Å². The zero-order chi connectivity index (χ0) is 21.7. The standard InChI is InChI=1S/C23H24ClN5O2/c24-19-10-6-9-18(13-19)23(11-4-5-12-23)21(31)27-22-26-16-29(28-22)15-20(30)25-14-17-7-2-1-3-8-17/h1-3,6-10,13,16H,4-5,11-12,14-15H2,(H,25,30)(H,27,28,31). The maximum Gasteiger partial charge on any atom is 0.248 e. The molecule has 0 spiro atoms. The second-order valence-electron chi connectivity index (χ2n) is 7.78. The Morgan fingerprint density at radius 1 is 1.06 bits per heavy atom. The van der Waals surface area contributed by atoms with Gasteiger partial charge in [-0.2, -0.15) is 0 Å². The highest BCUT2D eigenvalue weighted by molar-refractivity contribution is 6.30. The molecule has 1 heterocycles. The number of anilines is 1. The second-order valence-corrected chi connectivity index (χ2v) is 8.22. The number of aromatic nitrogens is 3. The van der Waals surface area contributed by atoms with Gasteiger partial charge in [0.2, 0.25) is 17.8 Å².